The lowest BCUT2D eigenvalue weighted by Crippen LogP contribution is -2.32. The summed E-state index contributed by atoms with van der Waals surface area (Å²) in [4.78, 5) is 8.98. The van der Waals surface area contributed by atoms with Crippen molar-refractivity contribution in [1.29, 1.82) is 0 Å². The third-order valence-electron chi connectivity index (χ3n) is 3.58. The first-order valence-electron chi connectivity index (χ1n) is 6.93. The van der Waals surface area contributed by atoms with Crippen LogP contribution in [0.25, 0.3) is 0 Å². The van der Waals surface area contributed by atoms with Crippen LogP contribution < -0.4 is 4.90 Å². The minimum Gasteiger partial charge on any atom is -0.395 e. The van der Waals surface area contributed by atoms with Gasteiger partial charge < -0.3 is 15.1 Å². The molecule has 0 amide bonds. The molecule has 1 fully saturated rings. The van der Waals surface area contributed by atoms with Crippen molar-refractivity contribution in [2.75, 3.05) is 44.2 Å². The van der Waals surface area contributed by atoms with Gasteiger partial charge in [0, 0.05) is 32.4 Å². The fourth-order valence-corrected chi connectivity index (χ4v) is 2.40. The summed E-state index contributed by atoms with van der Waals surface area (Å²) in [5.41, 5.74) is 0.848. The molecule has 1 aliphatic rings. The molecule has 1 aliphatic heterocycles. The van der Waals surface area contributed by atoms with Gasteiger partial charge in [0.25, 0.3) is 0 Å². The van der Waals surface area contributed by atoms with Gasteiger partial charge in [-0.3, -0.25) is 4.90 Å². The molecule has 5 nitrogen and oxygen atoms in total. The number of hydrogen-bond acceptors (Lipinski definition) is 5. The summed E-state index contributed by atoms with van der Waals surface area (Å²) >= 11 is 0. The fourth-order valence-electron chi connectivity index (χ4n) is 2.40. The van der Waals surface area contributed by atoms with E-state index in [1.807, 2.05) is 12.1 Å². The van der Waals surface area contributed by atoms with Crippen molar-refractivity contribution in [2.24, 2.45) is 0 Å². The number of rotatable bonds is 4. The van der Waals surface area contributed by atoms with Gasteiger partial charge in [-0.1, -0.05) is 6.07 Å². The molecule has 19 heavy (non-hydrogen) atoms. The van der Waals surface area contributed by atoms with Crippen molar-refractivity contribution in [2.45, 2.75) is 19.4 Å². The molecule has 2 rings (SSSR count). The lowest BCUT2D eigenvalue weighted by atomic mass is 10.2. The average Bonchev–Trinajstić information content (AvgIpc) is 2.65. The molecule has 0 aromatic carbocycles. The van der Waals surface area contributed by atoms with Crippen LogP contribution in [0, 0.1) is 0 Å². The zero-order valence-electron chi connectivity index (χ0n) is 11.5. The highest BCUT2D eigenvalue weighted by atomic mass is 16.3. The zero-order valence-corrected chi connectivity index (χ0v) is 11.5. The van der Waals surface area contributed by atoms with E-state index in [0.29, 0.717) is 0 Å². The van der Waals surface area contributed by atoms with Crippen LogP contribution in [0.4, 0.5) is 5.82 Å². The van der Waals surface area contributed by atoms with Gasteiger partial charge in [0.1, 0.15) is 5.82 Å². The van der Waals surface area contributed by atoms with Gasteiger partial charge in [0.15, 0.2) is 0 Å². The maximum Gasteiger partial charge on any atom is 0.128 e. The van der Waals surface area contributed by atoms with Gasteiger partial charge in [-0.25, -0.2) is 4.98 Å². The second kappa shape index (κ2) is 6.84. The summed E-state index contributed by atoms with van der Waals surface area (Å²) in [5, 5.41) is 18.5. The van der Waals surface area contributed by atoms with Crippen LogP contribution >= 0.6 is 0 Å². The topological polar surface area (TPSA) is 59.8 Å². The van der Waals surface area contributed by atoms with E-state index in [-0.39, 0.29) is 6.61 Å². The summed E-state index contributed by atoms with van der Waals surface area (Å²) < 4.78 is 0. The molecule has 0 aliphatic carbocycles. The molecule has 0 spiro atoms. The van der Waals surface area contributed by atoms with Crippen LogP contribution in [0.15, 0.2) is 18.3 Å². The average molecular weight is 265 g/mol. The first-order valence-corrected chi connectivity index (χ1v) is 6.93. The minimum atomic E-state index is -0.467. The molecule has 5 heteroatoms. The van der Waals surface area contributed by atoms with Gasteiger partial charge >= 0.3 is 0 Å². The summed E-state index contributed by atoms with van der Waals surface area (Å²) in [7, 11) is 0. The standard InChI is InChI=1S/C14H23N3O2/c1-12(19)13-3-4-14(15-11-13)17-6-2-5-16(7-8-17)9-10-18/h3-4,11-12,18-19H,2,5-10H2,1H3/t12-/m0/s1. The third-order valence-corrected chi connectivity index (χ3v) is 3.58. The fraction of sp³-hybridized carbons (Fsp3) is 0.643. The molecule has 1 atom stereocenters. The molecule has 106 valence electrons. The van der Waals surface area contributed by atoms with Crippen molar-refractivity contribution in [3.05, 3.63) is 23.9 Å². The smallest absolute Gasteiger partial charge is 0.128 e. The Balaban J connectivity index is 1.97. The molecule has 0 unspecified atom stereocenters. The van der Waals surface area contributed by atoms with Crippen molar-refractivity contribution in [3.63, 3.8) is 0 Å². The van der Waals surface area contributed by atoms with Crippen LogP contribution in [0.5, 0.6) is 0 Å². The highest BCUT2D eigenvalue weighted by Gasteiger charge is 2.15. The SMILES string of the molecule is C[C@H](O)c1ccc(N2CCCN(CCO)CC2)nc1. The quantitative estimate of drug-likeness (QED) is 0.836. The second-order valence-electron chi connectivity index (χ2n) is 5.03. The monoisotopic (exact) mass is 265 g/mol. The molecule has 1 saturated heterocycles. The Kier molecular flexibility index (Phi) is 5.13. The van der Waals surface area contributed by atoms with Crippen molar-refractivity contribution < 1.29 is 10.2 Å². The Bertz CT molecular complexity index is 381. The predicted molar refractivity (Wildman–Crippen MR) is 75.2 cm³/mol. The Morgan fingerprint density at radius 2 is 2.11 bits per heavy atom. The predicted octanol–water partition coefficient (Wildman–Crippen LogP) is 0.639. The van der Waals surface area contributed by atoms with E-state index in [1.165, 1.54) is 0 Å². The summed E-state index contributed by atoms with van der Waals surface area (Å²) in [6.45, 7) is 6.63. The molecule has 0 saturated carbocycles. The number of hydrogen-bond donors (Lipinski definition) is 2. The Morgan fingerprint density at radius 1 is 1.26 bits per heavy atom. The maximum atomic E-state index is 9.48. The molecule has 2 N–H and O–H groups in total. The molecule has 1 aromatic rings. The first-order chi connectivity index (χ1) is 9.20. The minimum absolute atomic E-state index is 0.224. The number of β-amino-alcohol motifs (C(OH)–C–C–N with tert-alkyl or cyclic N) is 1. The van der Waals surface area contributed by atoms with E-state index in [0.717, 1.165) is 50.5 Å². The van der Waals surface area contributed by atoms with Crippen LogP contribution in [0.3, 0.4) is 0 Å². The van der Waals surface area contributed by atoms with Crippen LogP contribution in [-0.4, -0.2) is 59.4 Å². The van der Waals surface area contributed by atoms with Gasteiger partial charge in [0.2, 0.25) is 0 Å². The second-order valence-corrected chi connectivity index (χ2v) is 5.03. The summed E-state index contributed by atoms with van der Waals surface area (Å²) in [6.07, 6.45) is 2.36. The molecule has 0 bridgehead atoms. The maximum absolute atomic E-state index is 9.48. The van der Waals surface area contributed by atoms with E-state index in [2.05, 4.69) is 14.8 Å². The number of aliphatic hydroxyl groups is 2. The third kappa shape index (κ3) is 3.89. The summed E-state index contributed by atoms with van der Waals surface area (Å²) in [6, 6.07) is 3.91. The zero-order chi connectivity index (χ0) is 13.7. The number of pyridine rings is 1. The summed E-state index contributed by atoms with van der Waals surface area (Å²) in [5.74, 6) is 0.968. The van der Waals surface area contributed by atoms with Gasteiger partial charge in [-0.2, -0.15) is 0 Å². The number of anilines is 1. The van der Waals surface area contributed by atoms with E-state index in [9.17, 15) is 5.11 Å². The Hall–Kier alpha value is -1.17. The number of aliphatic hydroxyl groups excluding tert-OH is 2. The van der Waals surface area contributed by atoms with Crippen molar-refractivity contribution in [3.8, 4) is 0 Å². The van der Waals surface area contributed by atoms with Crippen LogP contribution in [0.2, 0.25) is 0 Å². The lowest BCUT2D eigenvalue weighted by Gasteiger charge is -2.22. The molecule has 0 radical (unpaired) electrons. The van der Waals surface area contributed by atoms with Gasteiger partial charge in [-0.15, -0.1) is 0 Å². The molecule has 1 aromatic heterocycles. The lowest BCUT2D eigenvalue weighted by molar-refractivity contribution is 0.199. The first kappa shape index (κ1) is 14.2. The van der Waals surface area contributed by atoms with Crippen molar-refractivity contribution >= 4 is 5.82 Å². The largest absolute Gasteiger partial charge is 0.395 e. The van der Waals surface area contributed by atoms with Crippen LogP contribution in [0.1, 0.15) is 25.0 Å². The van der Waals surface area contributed by atoms with E-state index in [1.54, 1.807) is 13.1 Å². The van der Waals surface area contributed by atoms with Crippen LogP contribution in [-0.2, 0) is 0 Å². The molecule has 2 heterocycles. The Morgan fingerprint density at radius 3 is 2.74 bits per heavy atom. The van der Waals surface area contributed by atoms with Crippen molar-refractivity contribution in [1.82, 2.24) is 9.88 Å². The molecular formula is C14H23N3O2. The number of nitrogens with zero attached hydrogens (tertiary/aromatic N) is 3. The highest BCUT2D eigenvalue weighted by molar-refractivity contribution is 5.39. The van der Waals surface area contributed by atoms with E-state index in [4.69, 9.17) is 5.11 Å². The highest BCUT2D eigenvalue weighted by Crippen LogP contribution is 2.17. The van der Waals surface area contributed by atoms with E-state index < -0.39 is 6.10 Å². The number of aromatic nitrogens is 1. The Labute approximate surface area is 114 Å². The molecular weight excluding hydrogens is 242 g/mol. The van der Waals surface area contributed by atoms with Gasteiger partial charge in [-0.05, 0) is 31.5 Å². The normalized spacial score (nSPS) is 19.2. The van der Waals surface area contributed by atoms with Gasteiger partial charge in [0.05, 0.1) is 12.7 Å². The van der Waals surface area contributed by atoms with E-state index >= 15 is 0 Å².